The van der Waals surface area contributed by atoms with E-state index in [0.29, 0.717) is 12.8 Å². The zero-order valence-electron chi connectivity index (χ0n) is 65.6. The van der Waals surface area contributed by atoms with E-state index in [1.54, 1.807) is 6.08 Å². The van der Waals surface area contributed by atoms with Crippen molar-refractivity contribution in [3.63, 3.8) is 0 Å². The van der Waals surface area contributed by atoms with Crippen LogP contribution in [0.4, 0.5) is 0 Å². The first-order valence-corrected chi connectivity index (χ1v) is 41.1. The van der Waals surface area contributed by atoms with E-state index >= 15 is 0 Å². The van der Waals surface area contributed by atoms with Crippen molar-refractivity contribution in [2.75, 3.05) is 39.6 Å². The van der Waals surface area contributed by atoms with Crippen molar-refractivity contribution < 1.29 is 153 Å². The number of carbonyl (C=O) groups excluding carboxylic acids is 3. The number of nitrogens with one attached hydrogen (secondary N) is 3. The standard InChI is InChI=1S/C77H139N3O31/c1-5-7-9-11-13-15-17-19-20-21-22-23-24-26-28-30-32-34-36-38-56(91)80-48(49(88)37-35-33-31-29-27-25-18-16-14-12-10-8-6-2)45-102-73-64(97)63(96)67(55(44-85)106-73)107-74-65(98)70(61(94)53(42-83)104-74)109-72-58(79-47(4)87)68(60(93)52(41-82)103-72)108-75-66(99)71(62(95)54(43-84)105-75)111-77(76(100)101)39-50(89)57(78-46(3)86)69(110-77)59(92)51(90)40-81/h35,37,48-55,57-75,81-85,88-90,92-99H,5-34,36,38-45H2,1-4H3,(H,78,86)(H,79,87)(H,80,91)(H,100,101)/b37-35+/t48-,49+,50?,51+,52?,53?,54?,55?,57+,58?,59+,60+,61-,62-,63+,64?,65?,66?,67+,68+,69?,70-,71-,72-,73+,74-,75-,77-/m0/s1. The van der Waals surface area contributed by atoms with Gasteiger partial charge < -0.3 is 150 Å². The highest BCUT2D eigenvalue weighted by Gasteiger charge is 2.61. The summed E-state index contributed by atoms with van der Waals surface area (Å²) in [7, 11) is 0. The van der Waals surface area contributed by atoms with Gasteiger partial charge in [0.25, 0.3) is 5.79 Å². The molecule has 34 nitrogen and oxygen atoms in total. The Bertz CT molecular complexity index is 2580. The van der Waals surface area contributed by atoms with Crippen molar-refractivity contribution >= 4 is 23.7 Å². The number of unbranched alkanes of at least 4 members (excludes halogenated alkanes) is 29. The van der Waals surface area contributed by atoms with Crippen LogP contribution in [0.3, 0.4) is 0 Å². The molecular weight excluding hydrogens is 1460 g/mol. The van der Waals surface area contributed by atoms with E-state index in [1.807, 2.05) is 6.08 Å². The molecule has 20 N–H and O–H groups in total. The molecule has 0 aliphatic carbocycles. The first-order chi connectivity index (χ1) is 53.3. The van der Waals surface area contributed by atoms with Crippen LogP contribution in [0.5, 0.6) is 0 Å². The predicted octanol–water partition coefficient (Wildman–Crippen LogP) is 0.518. The fourth-order valence-corrected chi connectivity index (χ4v) is 15.0. The lowest BCUT2D eigenvalue weighted by Crippen LogP contribution is -2.71. The van der Waals surface area contributed by atoms with E-state index in [9.17, 15) is 106 Å². The third-order valence-corrected chi connectivity index (χ3v) is 21.6. The summed E-state index contributed by atoms with van der Waals surface area (Å²) < 4.78 is 59.0. The summed E-state index contributed by atoms with van der Waals surface area (Å²) in [4.78, 5) is 52.0. The zero-order chi connectivity index (χ0) is 81.6. The van der Waals surface area contributed by atoms with Gasteiger partial charge in [0.1, 0.15) is 116 Å². The molecule has 0 aromatic heterocycles. The van der Waals surface area contributed by atoms with Crippen molar-refractivity contribution in [2.45, 2.75) is 411 Å². The number of aliphatic carboxylic acids is 1. The quantitative estimate of drug-likeness (QED) is 0.0291. The van der Waals surface area contributed by atoms with E-state index in [2.05, 4.69) is 29.8 Å². The number of carbonyl (C=O) groups is 4. The summed E-state index contributed by atoms with van der Waals surface area (Å²) in [6.07, 6.45) is -9.60. The minimum Gasteiger partial charge on any atom is -0.477 e. The minimum absolute atomic E-state index is 0.169. The molecule has 5 fully saturated rings. The van der Waals surface area contributed by atoms with Crippen molar-refractivity contribution in [1.29, 1.82) is 0 Å². The number of carboxylic acids is 1. The van der Waals surface area contributed by atoms with Crippen LogP contribution in [-0.4, -0.2) is 321 Å². The molecule has 5 heterocycles. The van der Waals surface area contributed by atoms with Gasteiger partial charge in [-0.1, -0.05) is 206 Å². The van der Waals surface area contributed by atoms with Crippen LogP contribution in [0, 0.1) is 0 Å². The van der Waals surface area contributed by atoms with Crippen LogP contribution in [0.2, 0.25) is 0 Å². The Morgan fingerprint density at radius 2 is 0.874 bits per heavy atom. The Kier molecular flexibility index (Phi) is 47.0. The van der Waals surface area contributed by atoms with Gasteiger partial charge in [0.15, 0.2) is 25.2 Å². The fourth-order valence-electron chi connectivity index (χ4n) is 15.0. The molecule has 0 spiro atoms. The summed E-state index contributed by atoms with van der Waals surface area (Å²) in [6.45, 7) is 0.613. The normalized spacial score (nSPS) is 33.8. The molecule has 5 aliphatic rings. The summed E-state index contributed by atoms with van der Waals surface area (Å²) >= 11 is 0. The van der Waals surface area contributed by atoms with Crippen molar-refractivity contribution in [3.8, 4) is 0 Å². The molecule has 10 unspecified atom stereocenters. The van der Waals surface area contributed by atoms with Crippen LogP contribution in [0.1, 0.15) is 240 Å². The molecule has 0 saturated carbocycles. The van der Waals surface area contributed by atoms with Crippen LogP contribution >= 0.6 is 0 Å². The van der Waals surface area contributed by atoms with Gasteiger partial charge in [-0.2, -0.15) is 0 Å². The molecule has 648 valence electrons. The lowest BCUT2D eigenvalue weighted by atomic mass is 9.88. The highest BCUT2D eigenvalue weighted by atomic mass is 16.8. The second kappa shape index (κ2) is 53.1. The van der Waals surface area contributed by atoms with Crippen molar-refractivity contribution in [3.05, 3.63) is 12.2 Å². The summed E-state index contributed by atoms with van der Waals surface area (Å²) in [5, 5.41) is 197. The average Bonchev–Trinajstić information content (AvgIpc) is 0.817. The Labute approximate surface area is 653 Å². The maximum absolute atomic E-state index is 13.6. The molecule has 0 radical (unpaired) electrons. The molecule has 111 heavy (non-hydrogen) atoms. The summed E-state index contributed by atoms with van der Waals surface area (Å²) in [5.74, 6) is -7.39. The number of aliphatic hydroxyl groups is 16. The molecule has 34 heteroatoms. The van der Waals surface area contributed by atoms with Gasteiger partial charge in [0.2, 0.25) is 17.7 Å². The summed E-state index contributed by atoms with van der Waals surface area (Å²) in [5.41, 5.74) is 0. The summed E-state index contributed by atoms with van der Waals surface area (Å²) in [6, 6.07) is -4.65. The van der Waals surface area contributed by atoms with Gasteiger partial charge in [-0.25, -0.2) is 4.79 Å². The highest BCUT2D eigenvalue weighted by Crippen LogP contribution is 2.40. The molecule has 28 atom stereocenters. The van der Waals surface area contributed by atoms with Gasteiger partial charge in [-0.15, -0.1) is 0 Å². The number of allylic oxidation sites excluding steroid dienone is 1. The average molecular weight is 1600 g/mol. The number of aliphatic hydroxyl groups excluding tert-OH is 16. The molecule has 0 aromatic rings. The number of hydrogen-bond acceptors (Lipinski definition) is 30. The van der Waals surface area contributed by atoms with Gasteiger partial charge in [0.05, 0.1) is 63.9 Å². The Hall–Kier alpha value is -3.42. The maximum Gasteiger partial charge on any atom is 0.364 e. The van der Waals surface area contributed by atoms with Crippen molar-refractivity contribution in [1.82, 2.24) is 16.0 Å². The van der Waals surface area contributed by atoms with Crippen molar-refractivity contribution in [2.24, 2.45) is 0 Å². The Morgan fingerprint density at radius 3 is 1.33 bits per heavy atom. The van der Waals surface area contributed by atoms with Crippen LogP contribution in [0.25, 0.3) is 0 Å². The van der Waals surface area contributed by atoms with E-state index < -0.39 is 235 Å². The van der Waals surface area contributed by atoms with E-state index in [4.69, 9.17) is 47.4 Å². The molecule has 0 bridgehead atoms. The topological polar surface area (TPSA) is 541 Å². The monoisotopic (exact) mass is 1600 g/mol. The SMILES string of the molecule is CCCCCCCCCCCCC/C=C/[C@@H](O)[C@H](CO[C@@H]1OC(CO)[C@@H](O[C@@H]2OC(CO)[C@H](O)[C@H](O[C@@H]3OC(CO)[C@@H](O)[C@H](O[C@@H]4OC(CO)[C@H](O)[C@H](O[C@]5(C(=O)O)CC(O)[C@@H](NC(C)=O)C([C@H](O)[C@H](O)CO)O5)C4O)C3NC(C)=O)C2O)[C@H](O)C1O)NC(=O)CCCCCCCCCCCCCCCCCCCCC. The largest absolute Gasteiger partial charge is 0.477 e. The molecule has 5 rings (SSSR count). The lowest BCUT2D eigenvalue weighted by molar-refractivity contribution is -0.389. The molecule has 3 amide bonds. The molecule has 5 aliphatic heterocycles. The first kappa shape index (κ1) is 98.2. The third kappa shape index (κ3) is 31.4. The second-order valence-corrected chi connectivity index (χ2v) is 30.7. The molecule has 0 aromatic carbocycles. The first-order valence-electron chi connectivity index (χ1n) is 41.1. The second-order valence-electron chi connectivity index (χ2n) is 30.7. The van der Waals surface area contributed by atoms with E-state index in [1.165, 1.54) is 135 Å². The number of amides is 3. The zero-order valence-corrected chi connectivity index (χ0v) is 65.6. The van der Waals surface area contributed by atoms with E-state index in [-0.39, 0.29) is 12.3 Å². The van der Waals surface area contributed by atoms with Gasteiger partial charge in [-0.3, -0.25) is 14.4 Å². The minimum atomic E-state index is -3.22. The fraction of sp³-hybridized carbons (Fsp3) is 0.922. The van der Waals surface area contributed by atoms with Crippen LogP contribution < -0.4 is 16.0 Å². The predicted molar refractivity (Wildman–Crippen MR) is 397 cm³/mol. The highest BCUT2D eigenvalue weighted by molar-refractivity contribution is 5.77. The van der Waals surface area contributed by atoms with E-state index in [0.717, 1.165) is 65.2 Å². The van der Waals surface area contributed by atoms with Gasteiger partial charge in [0, 0.05) is 26.7 Å². The molecular formula is C77H139N3O31. The molecule has 5 saturated heterocycles. The third-order valence-electron chi connectivity index (χ3n) is 21.6. The number of hydrogen-bond donors (Lipinski definition) is 20. The maximum atomic E-state index is 13.6. The van der Waals surface area contributed by atoms with Crippen LogP contribution in [0.15, 0.2) is 12.2 Å². The number of rotatable bonds is 56. The van der Waals surface area contributed by atoms with Gasteiger partial charge in [-0.05, 0) is 19.3 Å². The Balaban J connectivity index is 1.25. The number of carboxylic acid groups (broad SMARTS) is 1. The van der Waals surface area contributed by atoms with Gasteiger partial charge >= 0.3 is 5.97 Å². The smallest absolute Gasteiger partial charge is 0.364 e. The number of ether oxygens (including phenoxy) is 10. The van der Waals surface area contributed by atoms with Crippen LogP contribution in [-0.2, 0) is 66.5 Å². The Morgan fingerprint density at radius 1 is 0.468 bits per heavy atom. The lowest BCUT2D eigenvalue weighted by Gasteiger charge is -2.51.